The fourth-order valence-electron chi connectivity index (χ4n) is 4.90. The lowest BCUT2D eigenvalue weighted by atomic mass is 9.60. The fraction of sp³-hybridized carbons (Fsp3) is 0.429. The molecular weight excluding hydrogens is 344 g/mol. The molecule has 0 radical (unpaired) electrons. The molecule has 6 heteroatoms. The molecule has 0 spiro atoms. The number of benzene rings is 1. The maximum Gasteiger partial charge on any atom is 0.410 e. The minimum Gasteiger partial charge on any atom is -0.468 e. The van der Waals surface area contributed by atoms with Crippen LogP contribution in [0.1, 0.15) is 25.5 Å². The van der Waals surface area contributed by atoms with Crippen molar-refractivity contribution in [3.63, 3.8) is 0 Å². The van der Waals surface area contributed by atoms with E-state index in [9.17, 15) is 9.59 Å². The summed E-state index contributed by atoms with van der Waals surface area (Å²) in [4.78, 5) is 30.9. The number of piperidine rings is 1. The predicted octanol–water partition coefficient (Wildman–Crippen LogP) is 3.39. The van der Waals surface area contributed by atoms with Gasteiger partial charge in [-0.1, -0.05) is 36.8 Å². The number of aromatic nitrogens is 1. The Morgan fingerprint density at radius 3 is 2.70 bits per heavy atom. The Morgan fingerprint density at radius 1 is 1.26 bits per heavy atom. The van der Waals surface area contributed by atoms with Gasteiger partial charge in [0.1, 0.15) is 5.41 Å². The summed E-state index contributed by atoms with van der Waals surface area (Å²) in [5, 5.41) is 1.03. The highest BCUT2D eigenvalue weighted by Gasteiger charge is 2.60. The fourth-order valence-corrected chi connectivity index (χ4v) is 4.90. The third kappa shape index (κ3) is 2.46. The van der Waals surface area contributed by atoms with Crippen LogP contribution < -0.4 is 0 Å². The van der Waals surface area contributed by atoms with Gasteiger partial charge in [0.2, 0.25) is 0 Å². The van der Waals surface area contributed by atoms with Crippen molar-refractivity contribution in [1.29, 1.82) is 0 Å². The van der Waals surface area contributed by atoms with E-state index in [4.69, 9.17) is 9.47 Å². The van der Waals surface area contributed by atoms with Crippen LogP contribution >= 0.6 is 0 Å². The largest absolute Gasteiger partial charge is 0.468 e. The van der Waals surface area contributed by atoms with E-state index in [0.717, 1.165) is 28.6 Å². The van der Waals surface area contributed by atoms with Gasteiger partial charge in [-0.3, -0.25) is 9.69 Å². The number of ether oxygens (including phenoxy) is 2. The molecule has 2 bridgehead atoms. The van der Waals surface area contributed by atoms with Crippen LogP contribution in [-0.4, -0.2) is 48.8 Å². The number of methoxy groups -OCH3 is 2. The van der Waals surface area contributed by atoms with Gasteiger partial charge >= 0.3 is 12.1 Å². The van der Waals surface area contributed by atoms with Crippen molar-refractivity contribution >= 4 is 23.0 Å². The summed E-state index contributed by atoms with van der Waals surface area (Å²) in [6, 6.07) is 9.51. The molecule has 1 fully saturated rings. The van der Waals surface area contributed by atoms with Crippen molar-refractivity contribution < 1.29 is 19.1 Å². The third-order valence-corrected chi connectivity index (χ3v) is 5.97. The van der Waals surface area contributed by atoms with Crippen LogP contribution in [0.4, 0.5) is 4.79 Å². The molecule has 142 valence electrons. The number of hydrogen-bond donors (Lipinski definition) is 1. The second-order valence-electron chi connectivity index (χ2n) is 7.32. The Kier molecular flexibility index (Phi) is 4.21. The minimum atomic E-state index is -0.967. The summed E-state index contributed by atoms with van der Waals surface area (Å²) >= 11 is 0. The van der Waals surface area contributed by atoms with Crippen LogP contribution in [0.3, 0.4) is 0 Å². The molecule has 1 unspecified atom stereocenters. The number of nitrogens with one attached hydrogen (secondary N) is 1. The number of rotatable bonds is 3. The number of para-hydroxylation sites is 1. The normalized spacial score (nSPS) is 26.8. The molecule has 3 heterocycles. The Bertz CT molecular complexity index is 898. The third-order valence-electron chi connectivity index (χ3n) is 5.97. The van der Waals surface area contributed by atoms with E-state index >= 15 is 0 Å². The highest BCUT2D eigenvalue weighted by molar-refractivity contribution is 5.90. The first kappa shape index (κ1) is 17.6. The monoisotopic (exact) mass is 368 g/mol. The lowest BCUT2D eigenvalue weighted by molar-refractivity contribution is -0.153. The first-order chi connectivity index (χ1) is 13.0. The summed E-state index contributed by atoms with van der Waals surface area (Å²) in [7, 11) is 2.79. The molecule has 1 saturated heterocycles. The average Bonchev–Trinajstić information content (AvgIpc) is 3.16. The van der Waals surface area contributed by atoms with Gasteiger partial charge < -0.3 is 14.5 Å². The van der Waals surface area contributed by atoms with Crippen LogP contribution in [0.25, 0.3) is 10.9 Å². The van der Waals surface area contributed by atoms with E-state index < -0.39 is 17.6 Å². The van der Waals surface area contributed by atoms with Crippen molar-refractivity contribution in [3.05, 3.63) is 47.7 Å². The van der Waals surface area contributed by atoms with E-state index in [-0.39, 0.29) is 11.9 Å². The first-order valence-electron chi connectivity index (χ1n) is 9.27. The molecule has 2 aromatic rings. The van der Waals surface area contributed by atoms with E-state index in [2.05, 4.69) is 18.0 Å². The molecule has 1 N–H and O–H groups in total. The molecule has 1 aromatic heterocycles. The minimum absolute atomic E-state index is 0.0783. The van der Waals surface area contributed by atoms with Crippen LogP contribution in [0.5, 0.6) is 0 Å². The average molecular weight is 368 g/mol. The molecule has 0 saturated carbocycles. The second-order valence-corrected chi connectivity index (χ2v) is 7.32. The SMILES string of the molecule is CCC1=CC2CN(C(=O)OC)[C@@H]1[C@@](C(=O)OC)(c1cc3ccccc3[nH]1)C2. The van der Waals surface area contributed by atoms with Gasteiger partial charge in [-0.05, 0) is 36.3 Å². The molecule has 1 aliphatic carbocycles. The molecular formula is C21H24N2O4. The maximum atomic E-state index is 13.2. The standard InChI is InChI=1S/C21H24N2O4/c1-4-14-9-13-11-21(19(24)26-2,18(14)23(12-13)20(25)27-3)17-10-15-7-5-6-8-16(15)22-17/h5-10,13,18,22H,4,11-12H2,1-3H3/t13?,18-,21-/m0/s1. The van der Waals surface area contributed by atoms with Crippen molar-refractivity contribution in [2.24, 2.45) is 5.92 Å². The smallest absolute Gasteiger partial charge is 0.410 e. The Morgan fingerprint density at radius 2 is 2.04 bits per heavy atom. The van der Waals surface area contributed by atoms with E-state index in [1.165, 1.54) is 14.2 Å². The van der Waals surface area contributed by atoms with E-state index in [1.807, 2.05) is 30.3 Å². The van der Waals surface area contributed by atoms with Crippen molar-refractivity contribution in [2.75, 3.05) is 20.8 Å². The highest BCUT2D eigenvalue weighted by Crippen LogP contribution is 2.50. The lowest BCUT2D eigenvalue weighted by Gasteiger charge is -2.53. The number of hydrogen-bond acceptors (Lipinski definition) is 4. The summed E-state index contributed by atoms with van der Waals surface area (Å²) in [6.45, 7) is 2.61. The number of aromatic amines is 1. The van der Waals surface area contributed by atoms with Crippen LogP contribution in [-0.2, 0) is 19.7 Å². The number of fused-ring (bicyclic) bond motifs is 3. The van der Waals surface area contributed by atoms with Gasteiger partial charge in [-0.2, -0.15) is 0 Å². The van der Waals surface area contributed by atoms with Crippen LogP contribution in [0.2, 0.25) is 0 Å². The number of esters is 1. The zero-order chi connectivity index (χ0) is 19.2. The lowest BCUT2D eigenvalue weighted by Crippen LogP contribution is -2.65. The van der Waals surface area contributed by atoms with Gasteiger partial charge in [0.05, 0.1) is 20.3 Å². The summed E-state index contributed by atoms with van der Waals surface area (Å²) in [5.74, 6) is -0.244. The molecule has 27 heavy (non-hydrogen) atoms. The second kappa shape index (κ2) is 6.44. The Balaban J connectivity index is 1.94. The number of carbonyl (C=O) groups is 2. The molecule has 1 amide bonds. The van der Waals surface area contributed by atoms with E-state index in [1.54, 1.807) is 4.90 Å². The van der Waals surface area contributed by atoms with Gasteiger partial charge in [0.15, 0.2) is 0 Å². The molecule has 2 aliphatic heterocycles. The summed E-state index contributed by atoms with van der Waals surface area (Å²) in [5.41, 5.74) is 1.86. The topological polar surface area (TPSA) is 71.6 Å². The quantitative estimate of drug-likeness (QED) is 0.666. The molecule has 3 atom stereocenters. The van der Waals surface area contributed by atoms with Crippen LogP contribution in [0.15, 0.2) is 42.0 Å². The predicted molar refractivity (Wildman–Crippen MR) is 101 cm³/mol. The number of amides is 1. The van der Waals surface area contributed by atoms with Crippen LogP contribution in [0, 0.1) is 5.92 Å². The van der Waals surface area contributed by atoms with Crippen molar-refractivity contribution in [1.82, 2.24) is 9.88 Å². The number of H-pyrrole nitrogens is 1. The first-order valence-corrected chi connectivity index (χ1v) is 9.27. The summed E-state index contributed by atoms with van der Waals surface area (Å²) in [6.07, 6.45) is 3.17. The summed E-state index contributed by atoms with van der Waals surface area (Å²) < 4.78 is 10.3. The number of nitrogens with zero attached hydrogens (tertiary/aromatic N) is 1. The number of carbonyl (C=O) groups excluding carboxylic acids is 2. The maximum absolute atomic E-state index is 13.2. The van der Waals surface area contributed by atoms with Crippen molar-refractivity contribution in [3.8, 4) is 0 Å². The van der Waals surface area contributed by atoms with E-state index in [0.29, 0.717) is 13.0 Å². The van der Waals surface area contributed by atoms with Gasteiger partial charge in [-0.15, -0.1) is 0 Å². The highest BCUT2D eigenvalue weighted by atomic mass is 16.5. The van der Waals surface area contributed by atoms with Crippen molar-refractivity contribution in [2.45, 2.75) is 31.2 Å². The molecule has 1 aromatic carbocycles. The molecule has 5 rings (SSSR count). The zero-order valence-electron chi connectivity index (χ0n) is 15.8. The van der Waals surface area contributed by atoms with Gasteiger partial charge in [-0.25, -0.2) is 4.79 Å². The molecule has 6 nitrogen and oxygen atoms in total. The Labute approximate surface area is 158 Å². The van der Waals surface area contributed by atoms with Gasteiger partial charge in [0, 0.05) is 17.8 Å². The Hall–Kier alpha value is -2.76. The van der Waals surface area contributed by atoms with Gasteiger partial charge in [0.25, 0.3) is 0 Å². The zero-order valence-corrected chi connectivity index (χ0v) is 15.8. The molecule has 3 aliphatic rings.